The topological polar surface area (TPSA) is 72.6 Å². The molecule has 0 aliphatic heterocycles. The summed E-state index contributed by atoms with van der Waals surface area (Å²) in [5, 5.41) is 0. The number of sulfonamides is 1. The lowest BCUT2D eigenvalue weighted by Gasteiger charge is -2.22. The summed E-state index contributed by atoms with van der Waals surface area (Å²) in [6.07, 6.45) is 0. The fraction of sp³-hybridized carbons (Fsp3) is 0.571. The van der Waals surface area contributed by atoms with Gasteiger partial charge >= 0.3 is 0 Å². The molecular weight excluding hydrogens is 276 g/mol. The lowest BCUT2D eigenvalue weighted by molar-refractivity contribution is 0.135. The van der Waals surface area contributed by atoms with E-state index >= 15 is 0 Å². The van der Waals surface area contributed by atoms with Crippen LogP contribution in [0, 0.1) is 6.92 Å². The zero-order valence-corrected chi connectivity index (χ0v) is 13.2. The summed E-state index contributed by atoms with van der Waals surface area (Å²) in [5.41, 5.74) is 7.22. The van der Waals surface area contributed by atoms with Crippen molar-refractivity contribution in [2.24, 2.45) is 5.73 Å². The van der Waals surface area contributed by atoms with E-state index in [-0.39, 0.29) is 0 Å². The third kappa shape index (κ3) is 3.79. The van der Waals surface area contributed by atoms with Crippen molar-refractivity contribution < 1.29 is 13.2 Å². The summed E-state index contributed by atoms with van der Waals surface area (Å²) in [5.74, 6) is 0. The van der Waals surface area contributed by atoms with Crippen LogP contribution < -0.4 is 5.73 Å². The van der Waals surface area contributed by atoms with E-state index in [1.165, 1.54) is 4.31 Å². The van der Waals surface area contributed by atoms with E-state index in [0.29, 0.717) is 37.7 Å². The van der Waals surface area contributed by atoms with Crippen LogP contribution in [-0.4, -0.2) is 39.0 Å². The Bertz CT molecular complexity index is 529. The van der Waals surface area contributed by atoms with E-state index in [2.05, 4.69) is 0 Å². The summed E-state index contributed by atoms with van der Waals surface area (Å²) in [7, 11) is -3.50. The Morgan fingerprint density at radius 3 is 2.55 bits per heavy atom. The third-order valence-electron chi connectivity index (χ3n) is 3.28. The summed E-state index contributed by atoms with van der Waals surface area (Å²) in [6.45, 7) is 7.61. The van der Waals surface area contributed by atoms with Gasteiger partial charge < -0.3 is 10.5 Å². The molecule has 5 nitrogen and oxygen atoms in total. The molecular formula is C14H24N2O3S. The molecule has 0 bridgehead atoms. The van der Waals surface area contributed by atoms with E-state index in [1.54, 1.807) is 19.1 Å². The van der Waals surface area contributed by atoms with Gasteiger partial charge in [0.1, 0.15) is 0 Å². The first-order valence-corrected chi connectivity index (χ1v) is 8.29. The average Bonchev–Trinajstić information content (AvgIpc) is 2.43. The van der Waals surface area contributed by atoms with Crippen LogP contribution in [0.4, 0.5) is 0 Å². The van der Waals surface area contributed by atoms with Gasteiger partial charge in [-0.3, -0.25) is 0 Å². The molecule has 0 radical (unpaired) electrons. The van der Waals surface area contributed by atoms with Gasteiger partial charge in [-0.2, -0.15) is 4.31 Å². The van der Waals surface area contributed by atoms with Gasteiger partial charge in [-0.25, -0.2) is 8.42 Å². The fourth-order valence-electron chi connectivity index (χ4n) is 2.06. The number of likely N-dealkylation sites (N-methyl/N-ethyl adjacent to an activating group) is 1. The summed E-state index contributed by atoms with van der Waals surface area (Å²) in [6, 6.07) is 5.22. The summed E-state index contributed by atoms with van der Waals surface area (Å²) < 4.78 is 32.0. The van der Waals surface area contributed by atoms with Crippen molar-refractivity contribution in [2.75, 3.05) is 26.3 Å². The predicted octanol–water partition coefficient (Wildman–Crippen LogP) is 1.50. The number of benzene rings is 1. The van der Waals surface area contributed by atoms with Crippen LogP contribution in [0.5, 0.6) is 0 Å². The number of nitrogens with zero attached hydrogens (tertiary/aromatic N) is 1. The van der Waals surface area contributed by atoms with Crippen molar-refractivity contribution in [3.63, 3.8) is 0 Å². The highest BCUT2D eigenvalue weighted by Crippen LogP contribution is 2.22. The van der Waals surface area contributed by atoms with Gasteiger partial charge in [0, 0.05) is 26.2 Å². The zero-order valence-electron chi connectivity index (χ0n) is 12.4. The second-order valence-corrected chi connectivity index (χ2v) is 6.34. The van der Waals surface area contributed by atoms with Crippen molar-refractivity contribution in [3.05, 3.63) is 29.3 Å². The lowest BCUT2D eigenvalue weighted by Crippen LogP contribution is -2.34. The van der Waals surface area contributed by atoms with Crippen LogP contribution in [0.15, 0.2) is 23.1 Å². The summed E-state index contributed by atoms with van der Waals surface area (Å²) >= 11 is 0. The summed E-state index contributed by atoms with van der Waals surface area (Å²) in [4.78, 5) is 0.332. The quantitative estimate of drug-likeness (QED) is 0.738. The maximum Gasteiger partial charge on any atom is 0.243 e. The van der Waals surface area contributed by atoms with Crippen molar-refractivity contribution in [3.8, 4) is 0 Å². The molecule has 2 N–H and O–H groups in total. The van der Waals surface area contributed by atoms with Crippen LogP contribution in [-0.2, 0) is 21.3 Å². The second-order valence-electron chi connectivity index (χ2n) is 4.44. The highest BCUT2D eigenvalue weighted by molar-refractivity contribution is 7.89. The van der Waals surface area contributed by atoms with E-state index < -0.39 is 10.0 Å². The Kier molecular flexibility index (Phi) is 6.61. The van der Waals surface area contributed by atoms with Gasteiger partial charge in [0.25, 0.3) is 0 Å². The van der Waals surface area contributed by atoms with Crippen LogP contribution >= 0.6 is 0 Å². The van der Waals surface area contributed by atoms with E-state index in [1.807, 2.05) is 19.9 Å². The Hall–Kier alpha value is -0.950. The molecule has 0 fully saturated rings. The molecule has 0 unspecified atom stereocenters. The minimum absolute atomic E-state index is 0.332. The number of nitrogens with two attached hydrogens (primary N) is 1. The molecule has 0 heterocycles. The van der Waals surface area contributed by atoms with Gasteiger partial charge in [-0.05, 0) is 31.0 Å². The minimum atomic E-state index is -3.50. The third-order valence-corrected chi connectivity index (χ3v) is 5.39. The molecule has 114 valence electrons. The van der Waals surface area contributed by atoms with Gasteiger partial charge in [0.15, 0.2) is 0 Å². The predicted molar refractivity (Wildman–Crippen MR) is 80.0 cm³/mol. The number of ether oxygens (including phenoxy) is 1. The molecule has 0 saturated heterocycles. The monoisotopic (exact) mass is 300 g/mol. The van der Waals surface area contributed by atoms with Gasteiger partial charge in [-0.15, -0.1) is 0 Å². The minimum Gasteiger partial charge on any atom is -0.380 e. The van der Waals surface area contributed by atoms with Gasteiger partial charge in [0.2, 0.25) is 10.0 Å². The molecule has 0 aliphatic carbocycles. The van der Waals surface area contributed by atoms with Crippen LogP contribution in [0.3, 0.4) is 0 Å². The molecule has 0 saturated carbocycles. The lowest BCUT2D eigenvalue weighted by atomic mass is 10.1. The molecule has 1 rings (SSSR count). The second kappa shape index (κ2) is 7.73. The Morgan fingerprint density at radius 2 is 2.00 bits per heavy atom. The number of rotatable bonds is 8. The first-order valence-electron chi connectivity index (χ1n) is 6.85. The standard InChI is InChI=1S/C14H24N2O3S/c1-4-16(9-10-19-5-2)20(17,18)14-8-6-7-13(11-15)12(14)3/h6-8H,4-5,9-11,15H2,1-3H3. The molecule has 0 aromatic heterocycles. The molecule has 0 amide bonds. The zero-order chi connectivity index (χ0) is 15.2. The molecule has 20 heavy (non-hydrogen) atoms. The normalized spacial score (nSPS) is 12.1. The molecule has 0 spiro atoms. The first kappa shape index (κ1) is 17.1. The van der Waals surface area contributed by atoms with Gasteiger partial charge in [-0.1, -0.05) is 19.1 Å². The van der Waals surface area contributed by atoms with Crippen molar-refractivity contribution in [2.45, 2.75) is 32.2 Å². The van der Waals surface area contributed by atoms with Crippen LogP contribution in [0.2, 0.25) is 0 Å². The molecule has 1 aromatic carbocycles. The number of hydrogen-bond donors (Lipinski definition) is 1. The maximum atomic E-state index is 12.7. The van der Waals surface area contributed by atoms with Crippen molar-refractivity contribution >= 4 is 10.0 Å². The maximum absolute atomic E-state index is 12.7. The van der Waals surface area contributed by atoms with Crippen molar-refractivity contribution in [1.29, 1.82) is 0 Å². The largest absolute Gasteiger partial charge is 0.380 e. The Balaban J connectivity index is 3.08. The van der Waals surface area contributed by atoms with E-state index in [0.717, 1.165) is 11.1 Å². The molecule has 6 heteroatoms. The van der Waals surface area contributed by atoms with E-state index in [4.69, 9.17) is 10.5 Å². The van der Waals surface area contributed by atoms with Gasteiger partial charge in [0.05, 0.1) is 11.5 Å². The molecule has 0 aliphatic rings. The number of hydrogen-bond acceptors (Lipinski definition) is 4. The highest BCUT2D eigenvalue weighted by atomic mass is 32.2. The van der Waals surface area contributed by atoms with Crippen LogP contribution in [0.25, 0.3) is 0 Å². The molecule has 0 atom stereocenters. The molecule has 1 aromatic rings. The van der Waals surface area contributed by atoms with Crippen molar-refractivity contribution in [1.82, 2.24) is 4.31 Å². The van der Waals surface area contributed by atoms with Crippen LogP contribution in [0.1, 0.15) is 25.0 Å². The SMILES string of the molecule is CCOCCN(CC)S(=O)(=O)c1cccc(CN)c1C. The highest BCUT2D eigenvalue weighted by Gasteiger charge is 2.25. The van der Waals surface area contributed by atoms with E-state index in [9.17, 15) is 8.42 Å². The Labute approximate surface area is 121 Å². The first-order chi connectivity index (χ1) is 9.48. The average molecular weight is 300 g/mol. The fourth-order valence-corrected chi connectivity index (χ4v) is 3.76. The smallest absolute Gasteiger partial charge is 0.243 e. The Morgan fingerprint density at radius 1 is 1.30 bits per heavy atom.